The van der Waals surface area contributed by atoms with Gasteiger partial charge in [-0.05, 0) is 337 Å². The van der Waals surface area contributed by atoms with Gasteiger partial charge in [-0.1, -0.05) is 93.6 Å². The predicted octanol–water partition coefficient (Wildman–Crippen LogP) is 20.5. The normalized spacial score (nSPS) is 40.3. The summed E-state index contributed by atoms with van der Waals surface area (Å²) in [6, 6.07) is 28.6. The molecule has 9 heterocycles. The van der Waals surface area contributed by atoms with Crippen LogP contribution >= 0.6 is 0 Å². The first-order valence-electron chi connectivity index (χ1n) is 39.9. The number of ether oxygens (including phenoxy) is 3. The molecule has 6 aliphatic heterocycles. The van der Waals surface area contributed by atoms with Crippen molar-refractivity contribution in [3.8, 4) is 0 Å². The van der Waals surface area contributed by atoms with Crippen LogP contribution in [0.5, 0.6) is 0 Å². The minimum Gasteiger partial charge on any atom is -0.359 e. The standard InChI is InChI=1S/2C32H40N2O.C28H29NO2/c2*1-29(2,3)34-26-8-7-24-18-25-11-13-30(4)27(22-6-5-21-12-16-33-20-23(21)17-22)9-10-28(30)32(25)15-14-31(24,19-26)35-32;1-26-10-8-22-15-21-4-5-23(30)16-27(21)11-12-28(22,31-27)25(26)7-6-24(26)19-3-2-18-9-13-29-17-20(18)14-19/h2*5-6,11-12,16-18,20,26-28,34H,7-10,13-15,19H2,1-4H3;2-3,8-9,13-15,17,24-25H,4-7,10-12,16H2,1H3/t26-,27+,28+,30+,31+,32?;26-,27-,28-,30-,31-,32?;24-,25-,26-,27-,28?/m011/s1. The van der Waals surface area contributed by atoms with Crippen LogP contribution in [0.3, 0.4) is 0 Å². The van der Waals surface area contributed by atoms with Crippen LogP contribution < -0.4 is 10.6 Å². The third kappa shape index (κ3) is 10.1. The van der Waals surface area contributed by atoms with Crippen molar-refractivity contribution in [2.75, 3.05) is 0 Å². The maximum atomic E-state index is 12.4. The second kappa shape index (κ2) is 22.9. The topological polar surface area (TPSA) is 107 Å². The summed E-state index contributed by atoms with van der Waals surface area (Å²) < 4.78 is 22.1. The Balaban J connectivity index is 0.000000105. The number of nitrogens with one attached hydrogen (secondary N) is 2. The van der Waals surface area contributed by atoms with Gasteiger partial charge in [-0.3, -0.25) is 19.7 Å². The molecule has 6 aromatic rings. The van der Waals surface area contributed by atoms with Gasteiger partial charge in [0.25, 0.3) is 0 Å². The molecule has 15 aliphatic rings. The predicted molar refractivity (Wildman–Crippen MR) is 406 cm³/mol. The SMILES string of the molecule is CC(C)(C)N[C@@H]1CCC2=CC3=CC[C@]4(C)[C@@H](c5ccc6ccncc6c5)CC[C@H]4C34CC[C@]2(C1)O4.CC(C)(C)N[C@H]1CCC2=CC3=CC[C@]4(C)[C@@H](c5ccc6ccncc6c5)CC[C@H]4C34CC[C@]2(C1)O4.C[C@]12CC=C3C=C4CCC(=O)C[C@]45CCC3(O5)[C@@H]1CC[C@@H]2c1ccc2ccncc2c1. The highest BCUT2D eigenvalue weighted by Crippen LogP contribution is 2.73. The van der Waals surface area contributed by atoms with Crippen molar-refractivity contribution in [1.82, 2.24) is 25.6 Å². The third-order valence-electron chi connectivity index (χ3n) is 30.3. The second-order valence-corrected chi connectivity index (χ2v) is 38.0. The molecule has 9 nitrogen and oxygen atoms in total. The molecule has 0 amide bonds. The molecule has 9 heteroatoms. The van der Waals surface area contributed by atoms with E-state index in [2.05, 4.69) is 197 Å². The Morgan fingerprint density at radius 1 is 0.406 bits per heavy atom. The van der Waals surface area contributed by atoms with E-state index in [9.17, 15) is 4.79 Å². The summed E-state index contributed by atoms with van der Waals surface area (Å²) in [6.07, 6.45) is 54.1. The van der Waals surface area contributed by atoms with Gasteiger partial charge in [0.15, 0.2) is 0 Å². The minimum absolute atomic E-state index is 0.0382. The maximum absolute atomic E-state index is 12.4. The lowest BCUT2D eigenvalue weighted by Crippen LogP contribution is -2.56. The van der Waals surface area contributed by atoms with E-state index in [0.717, 1.165) is 38.5 Å². The lowest BCUT2D eigenvalue weighted by Gasteiger charge is -2.54. The zero-order valence-electron chi connectivity index (χ0n) is 61.9. The van der Waals surface area contributed by atoms with Gasteiger partial charge in [0.2, 0.25) is 0 Å². The Morgan fingerprint density at radius 2 is 0.762 bits per heavy atom. The van der Waals surface area contributed by atoms with E-state index in [4.69, 9.17) is 14.2 Å². The summed E-state index contributed by atoms with van der Waals surface area (Å²) in [4.78, 5) is 25.5. The second-order valence-electron chi connectivity index (χ2n) is 38.0. The minimum atomic E-state index is -0.294. The molecule has 9 fully saturated rings. The summed E-state index contributed by atoms with van der Waals surface area (Å²) in [5.74, 6) is 3.79. The average Bonchev–Trinajstić information content (AvgIpc) is 1.56. The first-order chi connectivity index (χ1) is 48.4. The van der Waals surface area contributed by atoms with Gasteiger partial charge < -0.3 is 24.8 Å². The van der Waals surface area contributed by atoms with Crippen LogP contribution in [0.2, 0.25) is 0 Å². The quantitative estimate of drug-likeness (QED) is 0.174. The van der Waals surface area contributed by atoms with E-state index >= 15 is 0 Å². The van der Waals surface area contributed by atoms with Crippen LogP contribution in [0, 0.1) is 34.0 Å². The molecule has 21 rings (SSSR count). The highest BCUT2D eigenvalue weighted by atomic mass is 16.5. The van der Waals surface area contributed by atoms with E-state index in [1.165, 1.54) is 174 Å². The van der Waals surface area contributed by atoms with Crippen molar-refractivity contribution in [1.29, 1.82) is 0 Å². The molecule has 17 atom stereocenters. The molecule has 6 spiro atoms. The summed E-state index contributed by atoms with van der Waals surface area (Å²) in [5, 5.41) is 15.4. The van der Waals surface area contributed by atoms with E-state index in [0.29, 0.717) is 66.2 Å². The number of carbonyl (C=O) groups is 1. The van der Waals surface area contributed by atoms with Crippen LogP contribution in [0.4, 0.5) is 0 Å². The smallest absolute Gasteiger partial charge is 0.136 e. The molecule has 0 radical (unpaired) electrons. The zero-order valence-corrected chi connectivity index (χ0v) is 61.9. The van der Waals surface area contributed by atoms with Crippen molar-refractivity contribution in [3.63, 3.8) is 0 Å². The van der Waals surface area contributed by atoms with Crippen LogP contribution in [0.25, 0.3) is 32.3 Å². The van der Waals surface area contributed by atoms with Crippen molar-refractivity contribution in [2.24, 2.45) is 34.0 Å². The molecule has 526 valence electrons. The Morgan fingerprint density at radius 3 is 1.14 bits per heavy atom. The average molecular weight is 1350 g/mol. The van der Waals surface area contributed by atoms with E-state index in [1.54, 1.807) is 11.1 Å². The first-order valence-corrected chi connectivity index (χ1v) is 39.9. The van der Waals surface area contributed by atoms with Gasteiger partial charge >= 0.3 is 0 Å². The summed E-state index contributed by atoms with van der Waals surface area (Å²) in [7, 11) is 0. The highest BCUT2D eigenvalue weighted by molar-refractivity contribution is 5.85. The number of hydrogen-bond donors (Lipinski definition) is 2. The lowest BCUT2D eigenvalue weighted by atomic mass is 9.58. The van der Waals surface area contributed by atoms with Crippen LogP contribution in [-0.2, 0) is 19.0 Å². The number of rotatable bonds is 5. The largest absolute Gasteiger partial charge is 0.359 e. The van der Waals surface area contributed by atoms with E-state index in [-0.39, 0.29) is 60.9 Å². The van der Waals surface area contributed by atoms with Gasteiger partial charge in [-0.15, -0.1) is 0 Å². The molecule has 6 saturated carbocycles. The van der Waals surface area contributed by atoms with Gasteiger partial charge in [0.05, 0.1) is 33.6 Å². The lowest BCUT2D eigenvalue weighted by molar-refractivity contribution is -0.146. The first kappa shape index (κ1) is 65.6. The van der Waals surface area contributed by atoms with Crippen molar-refractivity contribution >= 4 is 38.1 Å². The van der Waals surface area contributed by atoms with Crippen LogP contribution in [-0.4, -0.2) is 77.5 Å². The number of Topliss-reactive ketones (excluding diaryl/α,β-unsaturated/α-hetero) is 1. The maximum Gasteiger partial charge on any atom is 0.136 e. The molecule has 3 aromatic heterocycles. The molecule has 3 aromatic carbocycles. The van der Waals surface area contributed by atoms with Crippen LogP contribution in [0.1, 0.15) is 251 Å². The van der Waals surface area contributed by atoms with Gasteiger partial charge in [-0.25, -0.2) is 0 Å². The Bertz CT molecular complexity index is 4420. The number of aromatic nitrogens is 3. The molecule has 3 unspecified atom stereocenters. The fraction of sp³-hybridized carbons (Fsp3) is 0.565. The number of allylic oxidation sites excluding steroid dienone is 3. The molecular weight excluding hydrogens is 1240 g/mol. The zero-order chi connectivity index (χ0) is 69.0. The summed E-state index contributed by atoms with van der Waals surface area (Å²) in [5.41, 5.74) is 13.8. The third-order valence-corrected chi connectivity index (χ3v) is 30.3. The number of nitrogens with zero attached hydrogens (tertiary/aromatic N) is 3. The molecule has 101 heavy (non-hydrogen) atoms. The van der Waals surface area contributed by atoms with Crippen molar-refractivity contribution < 1.29 is 19.0 Å². The number of benzene rings is 3. The number of fused-ring (bicyclic) bond motifs is 6. The van der Waals surface area contributed by atoms with Gasteiger partial charge in [-0.2, -0.15) is 0 Å². The fourth-order valence-electron chi connectivity index (χ4n) is 26.1. The molecule has 6 bridgehead atoms. The monoisotopic (exact) mass is 1350 g/mol. The van der Waals surface area contributed by atoms with Crippen LogP contribution in [0.15, 0.2) is 180 Å². The molecule has 9 aliphatic carbocycles. The number of carbonyl (C=O) groups excluding carboxylic acids is 1. The van der Waals surface area contributed by atoms with Crippen molar-refractivity contribution in [3.05, 3.63) is 197 Å². The van der Waals surface area contributed by atoms with Crippen molar-refractivity contribution in [2.45, 2.75) is 291 Å². The van der Waals surface area contributed by atoms with Gasteiger partial charge in [0.1, 0.15) is 5.78 Å². The number of pyridine rings is 3. The number of ketones is 1. The van der Waals surface area contributed by atoms with E-state index in [1.807, 2.05) is 37.2 Å². The summed E-state index contributed by atoms with van der Waals surface area (Å²) in [6.45, 7) is 21.4. The Labute approximate surface area is 600 Å². The number of hydrogen-bond acceptors (Lipinski definition) is 9. The Kier molecular flexibility index (Phi) is 14.9. The highest BCUT2D eigenvalue weighted by Gasteiger charge is 2.70. The molecular formula is C92H109N5O4. The summed E-state index contributed by atoms with van der Waals surface area (Å²) >= 11 is 0. The molecule has 2 N–H and O–H groups in total. The fourth-order valence-corrected chi connectivity index (χ4v) is 26.1. The Hall–Kier alpha value is -6.20. The molecule has 3 saturated heterocycles. The van der Waals surface area contributed by atoms with E-state index < -0.39 is 0 Å². The van der Waals surface area contributed by atoms with Gasteiger partial charge in [0, 0.05) is 89.3 Å².